The Bertz CT molecular complexity index is 1220. The van der Waals surface area contributed by atoms with Crippen LogP contribution in [0.15, 0.2) is 42.5 Å². The number of benzene rings is 2. The third-order valence-electron chi connectivity index (χ3n) is 5.46. The zero-order valence-electron chi connectivity index (χ0n) is 20.0. The molecule has 13 heteroatoms. The van der Waals surface area contributed by atoms with Crippen LogP contribution in [0.4, 0.5) is 23.2 Å². The molecule has 0 radical (unpaired) electrons. The van der Waals surface area contributed by atoms with E-state index < -0.39 is 23.8 Å². The third-order valence-corrected chi connectivity index (χ3v) is 5.94. The van der Waals surface area contributed by atoms with Gasteiger partial charge < -0.3 is 16.0 Å². The average molecular weight is 544 g/mol. The molecule has 0 aliphatic rings. The Kier molecular flexibility index (Phi) is 9.49. The van der Waals surface area contributed by atoms with Crippen molar-refractivity contribution in [3.8, 4) is 11.1 Å². The van der Waals surface area contributed by atoms with E-state index in [1.807, 2.05) is 0 Å². The molecule has 2 aromatic carbocycles. The fraction of sp³-hybridized carbons (Fsp3) is 0.333. The second-order valence-electron chi connectivity index (χ2n) is 8.28. The number of nitrogens with zero attached hydrogens (tertiary/aromatic N) is 2. The molecule has 0 aliphatic heterocycles. The SMILES string of the molecule is CC(=O)NC[C@@H](CNc1ccc(-c2ccc(CNCc3c(C(F)(F)F)nn(C)c3Cl)cc2)c(F)c1)OO. The Morgan fingerprint density at radius 3 is 2.46 bits per heavy atom. The van der Waals surface area contributed by atoms with Crippen LogP contribution >= 0.6 is 11.6 Å². The first-order valence-electron chi connectivity index (χ1n) is 11.2. The van der Waals surface area contributed by atoms with Gasteiger partial charge in [0.2, 0.25) is 5.91 Å². The smallest absolute Gasteiger partial charge is 0.382 e. The van der Waals surface area contributed by atoms with Crippen LogP contribution in [0.1, 0.15) is 23.7 Å². The van der Waals surface area contributed by atoms with Crippen molar-refractivity contribution in [2.75, 3.05) is 18.4 Å². The number of rotatable bonds is 11. The van der Waals surface area contributed by atoms with Gasteiger partial charge in [-0.3, -0.25) is 14.7 Å². The molecule has 0 fully saturated rings. The fourth-order valence-electron chi connectivity index (χ4n) is 3.56. The van der Waals surface area contributed by atoms with E-state index in [-0.39, 0.29) is 42.8 Å². The summed E-state index contributed by atoms with van der Waals surface area (Å²) in [6.45, 7) is 1.69. The molecule has 0 aliphatic carbocycles. The normalized spacial score (nSPS) is 12.4. The number of aromatic nitrogens is 2. The lowest BCUT2D eigenvalue weighted by Crippen LogP contribution is -2.36. The first-order valence-corrected chi connectivity index (χ1v) is 11.5. The van der Waals surface area contributed by atoms with E-state index in [9.17, 15) is 22.4 Å². The minimum atomic E-state index is -4.61. The van der Waals surface area contributed by atoms with Crippen LogP contribution in [-0.4, -0.2) is 40.1 Å². The van der Waals surface area contributed by atoms with E-state index in [0.29, 0.717) is 16.8 Å². The number of hydrogen-bond donors (Lipinski definition) is 4. The molecule has 1 aromatic heterocycles. The Labute approximate surface area is 215 Å². The van der Waals surface area contributed by atoms with E-state index in [2.05, 4.69) is 25.9 Å². The number of anilines is 1. The van der Waals surface area contributed by atoms with Gasteiger partial charge in [-0.1, -0.05) is 35.9 Å². The van der Waals surface area contributed by atoms with Crippen LogP contribution in [0.3, 0.4) is 0 Å². The van der Waals surface area contributed by atoms with E-state index in [1.165, 1.54) is 20.0 Å². The highest BCUT2D eigenvalue weighted by Gasteiger charge is 2.38. The summed E-state index contributed by atoms with van der Waals surface area (Å²) >= 11 is 5.97. The summed E-state index contributed by atoms with van der Waals surface area (Å²) in [5.41, 5.74) is 1.06. The molecule has 3 rings (SSSR count). The highest BCUT2D eigenvalue weighted by molar-refractivity contribution is 6.30. The molecule has 0 saturated carbocycles. The molecule has 0 saturated heterocycles. The van der Waals surface area contributed by atoms with Gasteiger partial charge in [0.1, 0.15) is 17.1 Å². The van der Waals surface area contributed by atoms with Gasteiger partial charge in [0.25, 0.3) is 0 Å². The summed E-state index contributed by atoms with van der Waals surface area (Å²) in [5, 5.41) is 20.7. The number of amides is 1. The maximum Gasteiger partial charge on any atom is 0.435 e. The molecule has 8 nitrogen and oxygen atoms in total. The number of carbonyl (C=O) groups is 1. The van der Waals surface area contributed by atoms with Crippen molar-refractivity contribution in [2.45, 2.75) is 32.3 Å². The quantitative estimate of drug-likeness (QED) is 0.160. The highest BCUT2D eigenvalue weighted by atomic mass is 35.5. The summed E-state index contributed by atoms with van der Waals surface area (Å²) in [4.78, 5) is 15.3. The maximum atomic E-state index is 14.8. The largest absolute Gasteiger partial charge is 0.435 e. The van der Waals surface area contributed by atoms with Gasteiger partial charge in [0.05, 0.1) is 0 Å². The first kappa shape index (κ1) is 28.4. The zero-order chi connectivity index (χ0) is 27.2. The van der Waals surface area contributed by atoms with Crippen LogP contribution in [0.25, 0.3) is 11.1 Å². The number of halogens is 5. The maximum absolute atomic E-state index is 14.8. The Morgan fingerprint density at radius 1 is 1.16 bits per heavy atom. The van der Waals surface area contributed by atoms with Crippen LogP contribution in [0.2, 0.25) is 5.15 Å². The van der Waals surface area contributed by atoms with E-state index in [4.69, 9.17) is 16.9 Å². The Balaban J connectivity index is 1.59. The molecule has 200 valence electrons. The summed E-state index contributed by atoms with van der Waals surface area (Å²) < 4.78 is 55.3. The van der Waals surface area contributed by atoms with Crippen molar-refractivity contribution in [2.24, 2.45) is 7.05 Å². The number of aryl methyl sites for hydroxylation is 1. The molecule has 0 spiro atoms. The van der Waals surface area contributed by atoms with Gasteiger partial charge in [-0.2, -0.15) is 18.3 Å². The molecule has 1 heterocycles. The van der Waals surface area contributed by atoms with Gasteiger partial charge in [-0.25, -0.2) is 9.28 Å². The van der Waals surface area contributed by atoms with Crippen LogP contribution in [0, 0.1) is 5.82 Å². The first-order chi connectivity index (χ1) is 17.5. The van der Waals surface area contributed by atoms with Crippen molar-refractivity contribution in [3.63, 3.8) is 0 Å². The lowest BCUT2D eigenvalue weighted by molar-refractivity contribution is -0.272. The Hall–Kier alpha value is -3.19. The fourth-order valence-corrected chi connectivity index (χ4v) is 3.75. The lowest BCUT2D eigenvalue weighted by Gasteiger charge is -2.16. The molecule has 4 N–H and O–H groups in total. The third kappa shape index (κ3) is 7.65. The molecule has 1 amide bonds. The summed E-state index contributed by atoms with van der Waals surface area (Å²) in [6, 6.07) is 11.5. The van der Waals surface area contributed by atoms with Crippen molar-refractivity contribution in [1.82, 2.24) is 20.4 Å². The van der Waals surface area contributed by atoms with Gasteiger partial charge in [-0.15, -0.1) is 0 Å². The monoisotopic (exact) mass is 543 g/mol. The van der Waals surface area contributed by atoms with Gasteiger partial charge in [-0.05, 0) is 29.3 Å². The van der Waals surface area contributed by atoms with Gasteiger partial charge in [0.15, 0.2) is 5.69 Å². The van der Waals surface area contributed by atoms with E-state index in [1.54, 1.807) is 36.4 Å². The van der Waals surface area contributed by atoms with Crippen LogP contribution in [-0.2, 0) is 36.0 Å². The average Bonchev–Trinajstić information content (AvgIpc) is 3.14. The molecule has 3 aromatic rings. The van der Waals surface area contributed by atoms with Crippen molar-refractivity contribution >= 4 is 23.2 Å². The zero-order valence-corrected chi connectivity index (χ0v) is 20.8. The van der Waals surface area contributed by atoms with Crippen LogP contribution < -0.4 is 16.0 Å². The van der Waals surface area contributed by atoms with Crippen molar-refractivity contribution in [1.29, 1.82) is 0 Å². The molecule has 0 unspecified atom stereocenters. The molecular weight excluding hydrogens is 518 g/mol. The lowest BCUT2D eigenvalue weighted by atomic mass is 10.0. The predicted octanol–water partition coefficient (Wildman–Crippen LogP) is 4.59. The molecule has 0 bridgehead atoms. The standard InChI is InChI=1S/C24H26ClF4N5O3/c1-14(35)31-11-18(37-36)12-32-17-7-8-19(21(26)9-17)16-5-3-15(4-6-16)10-30-13-20-22(24(27,28)29)33-34(2)23(20)25/h3-9,18,30,32,36H,10-13H2,1-2H3,(H,31,35)/t18-/m0/s1. The Morgan fingerprint density at radius 2 is 1.86 bits per heavy atom. The molecule has 37 heavy (non-hydrogen) atoms. The number of carbonyl (C=O) groups excluding carboxylic acids is 1. The van der Waals surface area contributed by atoms with Crippen molar-refractivity contribution < 1.29 is 32.5 Å². The summed E-state index contributed by atoms with van der Waals surface area (Å²) in [7, 11) is 1.34. The minimum absolute atomic E-state index is 0.0827. The van der Waals surface area contributed by atoms with E-state index in [0.717, 1.165) is 10.2 Å². The van der Waals surface area contributed by atoms with Gasteiger partial charge in [0, 0.05) is 57.0 Å². The highest BCUT2D eigenvalue weighted by Crippen LogP contribution is 2.34. The summed E-state index contributed by atoms with van der Waals surface area (Å²) in [5.74, 6) is -0.752. The van der Waals surface area contributed by atoms with Crippen LogP contribution in [0.5, 0.6) is 0 Å². The number of hydrogen-bond acceptors (Lipinski definition) is 6. The predicted molar refractivity (Wildman–Crippen MR) is 130 cm³/mol. The number of nitrogens with one attached hydrogen (secondary N) is 3. The second-order valence-corrected chi connectivity index (χ2v) is 8.64. The molecule has 1 atom stereocenters. The van der Waals surface area contributed by atoms with E-state index >= 15 is 0 Å². The van der Waals surface area contributed by atoms with Crippen molar-refractivity contribution in [3.05, 3.63) is 70.3 Å². The minimum Gasteiger partial charge on any atom is -0.382 e. The molecular formula is C24H26ClF4N5O3. The second kappa shape index (κ2) is 12.4. The topological polar surface area (TPSA) is 100 Å². The summed E-state index contributed by atoms with van der Waals surface area (Å²) in [6.07, 6.45) is -5.33. The van der Waals surface area contributed by atoms with Gasteiger partial charge >= 0.3 is 6.18 Å². The number of alkyl halides is 3.